The number of hydrogen-bond acceptors (Lipinski definition) is 5. The summed E-state index contributed by atoms with van der Waals surface area (Å²) in [6.07, 6.45) is 1.16. The molecule has 0 saturated heterocycles. The van der Waals surface area contributed by atoms with Gasteiger partial charge in [-0.05, 0) is 30.2 Å². The van der Waals surface area contributed by atoms with E-state index < -0.39 is 11.3 Å². The predicted molar refractivity (Wildman–Crippen MR) is 105 cm³/mol. The van der Waals surface area contributed by atoms with Gasteiger partial charge in [-0.25, -0.2) is 0 Å². The Kier molecular flexibility index (Phi) is 6.11. The second kappa shape index (κ2) is 8.90. The van der Waals surface area contributed by atoms with Crippen LogP contribution >= 0.6 is 0 Å². The molecule has 0 saturated carbocycles. The number of carbonyl (C=O) groups excluding carboxylic acids is 1. The normalized spacial score (nSPS) is 11.5. The van der Waals surface area contributed by atoms with Gasteiger partial charge in [0.15, 0.2) is 5.76 Å². The molecule has 28 heavy (non-hydrogen) atoms. The number of benzene rings is 2. The van der Waals surface area contributed by atoms with Crippen molar-refractivity contribution in [3.05, 3.63) is 94.0 Å². The van der Waals surface area contributed by atoms with E-state index in [4.69, 9.17) is 13.9 Å². The minimum atomic E-state index is -0.465. The summed E-state index contributed by atoms with van der Waals surface area (Å²) < 4.78 is 16.0. The Morgan fingerprint density at radius 3 is 2.61 bits per heavy atom. The lowest BCUT2D eigenvalue weighted by molar-refractivity contribution is 0.0908. The molecule has 1 aromatic heterocycles. The number of rotatable bonds is 7. The van der Waals surface area contributed by atoms with E-state index in [0.717, 1.165) is 23.5 Å². The van der Waals surface area contributed by atoms with Gasteiger partial charge in [0.25, 0.3) is 5.91 Å². The maximum atomic E-state index is 12.3. The van der Waals surface area contributed by atoms with Crippen LogP contribution in [-0.2, 0) is 6.61 Å². The number of nitrogens with one attached hydrogen (secondary N) is 1. The molecule has 0 spiro atoms. The third kappa shape index (κ3) is 4.79. The Bertz CT molecular complexity index is 997. The Labute approximate surface area is 162 Å². The van der Waals surface area contributed by atoms with Gasteiger partial charge in [0, 0.05) is 6.07 Å². The number of carbonyl (C=O) groups is 1. The zero-order valence-corrected chi connectivity index (χ0v) is 15.7. The van der Waals surface area contributed by atoms with Crippen molar-refractivity contribution in [1.82, 2.24) is 5.32 Å². The van der Waals surface area contributed by atoms with E-state index in [9.17, 15) is 9.59 Å². The average Bonchev–Trinajstić information content (AvgIpc) is 2.73. The van der Waals surface area contributed by atoms with E-state index in [0.29, 0.717) is 5.75 Å². The van der Waals surface area contributed by atoms with Crippen LogP contribution in [-0.4, -0.2) is 13.0 Å². The van der Waals surface area contributed by atoms with Crippen LogP contribution in [0.3, 0.4) is 0 Å². The summed E-state index contributed by atoms with van der Waals surface area (Å²) in [6.45, 7) is 2.04. The van der Waals surface area contributed by atoms with Gasteiger partial charge in [0.05, 0.1) is 13.2 Å². The summed E-state index contributed by atoms with van der Waals surface area (Å²) in [5, 5.41) is 2.80. The third-order valence-electron chi connectivity index (χ3n) is 4.20. The van der Waals surface area contributed by atoms with Crippen LogP contribution in [0.4, 0.5) is 0 Å². The van der Waals surface area contributed by atoms with E-state index in [2.05, 4.69) is 5.32 Å². The van der Waals surface area contributed by atoms with E-state index in [1.807, 2.05) is 61.5 Å². The Balaban J connectivity index is 1.64. The van der Waals surface area contributed by atoms with Crippen LogP contribution in [0.5, 0.6) is 11.5 Å². The summed E-state index contributed by atoms with van der Waals surface area (Å²) in [7, 11) is 1.58. The maximum absolute atomic E-state index is 12.3. The zero-order chi connectivity index (χ0) is 19.9. The number of amides is 1. The molecule has 3 rings (SSSR count). The monoisotopic (exact) mass is 379 g/mol. The first-order chi connectivity index (χ1) is 13.6. The molecule has 1 atom stereocenters. The molecule has 1 N–H and O–H groups in total. The summed E-state index contributed by atoms with van der Waals surface area (Å²) in [6, 6.07) is 17.8. The molecule has 0 fully saturated rings. The van der Waals surface area contributed by atoms with Gasteiger partial charge in [-0.3, -0.25) is 9.59 Å². The van der Waals surface area contributed by atoms with Gasteiger partial charge in [-0.1, -0.05) is 42.5 Å². The molecule has 0 bridgehead atoms. The van der Waals surface area contributed by atoms with Gasteiger partial charge >= 0.3 is 0 Å². The fourth-order valence-electron chi connectivity index (χ4n) is 2.64. The molecule has 0 aliphatic heterocycles. The van der Waals surface area contributed by atoms with Crippen LogP contribution in [0.25, 0.3) is 0 Å². The maximum Gasteiger partial charge on any atom is 0.287 e. The second-order valence-electron chi connectivity index (χ2n) is 6.22. The molecule has 0 radical (unpaired) electrons. The van der Waals surface area contributed by atoms with Crippen molar-refractivity contribution in [2.24, 2.45) is 0 Å². The Morgan fingerprint density at radius 1 is 1.11 bits per heavy atom. The van der Waals surface area contributed by atoms with Crippen molar-refractivity contribution in [3.8, 4) is 11.5 Å². The lowest BCUT2D eigenvalue weighted by atomic mass is 10.1. The van der Waals surface area contributed by atoms with E-state index >= 15 is 0 Å². The zero-order valence-electron chi connectivity index (χ0n) is 15.7. The molecule has 0 unspecified atom stereocenters. The molecule has 3 aromatic rings. The number of ether oxygens (including phenoxy) is 2. The molecule has 0 aliphatic rings. The van der Waals surface area contributed by atoms with Gasteiger partial charge in [-0.2, -0.15) is 0 Å². The lowest BCUT2D eigenvalue weighted by Crippen LogP contribution is -2.27. The van der Waals surface area contributed by atoms with Crippen LogP contribution in [0.2, 0.25) is 0 Å². The van der Waals surface area contributed by atoms with Gasteiger partial charge < -0.3 is 19.2 Å². The molecule has 0 aliphatic carbocycles. The van der Waals surface area contributed by atoms with Gasteiger partial charge in [0.1, 0.15) is 18.6 Å². The van der Waals surface area contributed by atoms with Crippen molar-refractivity contribution in [1.29, 1.82) is 0 Å². The van der Waals surface area contributed by atoms with Crippen LogP contribution in [0.15, 0.2) is 76.1 Å². The minimum absolute atomic E-state index is 0.0375. The molecule has 6 heteroatoms. The van der Waals surface area contributed by atoms with Crippen molar-refractivity contribution < 1.29 is 18.7 Å². The smallest absolute Gasteiger partial charge is 0.287 e. The third-order valence-corrected chi connectivity index (χ3v) is 4.20. The van der Waals surface area contributed by atoms with E-state index in [1.165, 1.54) is 0 Å². The van der Waals surface area contributed by atoms with E-state index in [1.54, 1.807) is 7.11 Å². The second-order valence-corrected chi connectivity index (χ2v) is 6.22. The lowest BCUT2D eigenvalue weighted by Gasteiger charge is -2.13. The molecule has 6 nitrogen and oxygen atoms in total. The molecular weight excluding hydrogens is 358 g/mol. The molecule has 2 aromatic carbocycles. The molecular formula is C22H21NO5. The molecule has 1 heterocycles. The molecule has 144 valence electrons. The minimum Gasteiger partial charge on any atom is -0.497 e. The van der Waals surface area contributed by atoms with Gasteiger partial charge in [0.2, 0.25) is 11.2 Å². The van der Waals surface area contributed by atoms with Crippen molar-refractivity contribution in [2.45, 2.75) is 19.6 Å². The highest BCUT2D eigenvalue weighted by molar-refractivity contribution is 5.91. The fourth-order valence-corrected chi connectivity index (χ4v) is 2.64. The van der Waals surface area contributed by atoms with Crippen LogP contribution in [0, 0.1) is 0 Å². The van der Waals surface area contributed by atoms with E-state index in [-0.39, 0.29) is 24.2 Å². The first kappa shape index (κ1) is 19.2. The highest BCUT2D eigenvalue weighted by Crippen LogP contribution is 2.16. The largest absolute Gasteiger partial charge is 0.497 e. The quantitative estimate of drug-likeness (QED) is 0.677. The van der Waals surface area contributed by atoms with Crippen molar-refractivity contribution in [2.75, 3.05) is 7.11 Å². The van der Waals surface area contributed by atoms with Crippen molar-refractivity contribution in [3.63, 3.8) is 0 Å². The Hall–Kier alpha value is -3.54. The summed E-state index contributed by atoms with van der Waals surface area (Å²) in [5.41, 5.74) is 1.38. The highest BCUT2D eigenvalue weighted by atomic mass is 16.5. The summed E-state index contributed by atoms with van der Waals surface area (Å²) in [4.78, 5) is 24.6. The fraction of sp³-hybridized carbons (Fsp3) is 0.182. The number of hydrogen-bond donors (Lipinski definition) is 1. The van der Waals surface area contributed by atoms with Crippen molar-refractivity contribution >= 4 is 5.91 Å². The summed E-state index contributed by atoms with van der Waals surface area (Å²) >= 11 is 0. The number of methoxy groups -OCH3 is 1. The SMILES string of the molecule is COc1cccc(COc2coc(C(=O)N[C@@H](C)c3ccccc3)cc2=O)c1. The first-order valence-corrected chi connectivity index (χ1v) is 8.81. The van der Waals surface area contributed by atoms with Gasteiger partial charge in [-0.15, -0.1) is 0 Å². The van der Waals surface area contributed by atoms with Crippen LogP contribution < -0.4 is 20.2 Å². The Morgan fingerprint density at radius 2 is 1.89 bits per heavy atom. The summed E-state index contributed by atoms with van der Waals surface area (Å²) in [5.74, 6) is 0.206. The first-order valence-electron chi connectivity index (χ1n) is 8.81. The highest BCUT2D eigenvalue weighted by Gasteiger charge is 2.15. The topological polar surface area (TPSA) is 77.8 Å². The van der Waals surface area contributed by atoms with Crippen LogP contribution in [0.1, 0.15) is 34.6 Å². The predicted octanol–water partition coefficient (Wildman–Crippen LogP) is 3.72. The average molecular weight is 379 g/mol. The standard InChI is InChI=1S/C22H21NO5/c1-15(17-8-4-3-5-9-17)23-22(25)20-12-19(24)21(14-28-20)27-13-16-7-6-10-18(11-16)26-2/h3-12,14-15H,13H2,1-2H3,(H,23,25)/t15-/m0/s1. The molecule has 1 amide bonds.